The first-order valence-electron chi connectivity index (χ1n) is 7.81. The molecular formula is C19H22O. The van der Waals surface area contributed by atoms with Gasteiger partial charge < -0.3 is 0 Å². The highest BCUT2D eigenvalue weighted by Gasteiger charge is 2.27. The van der Waals surface area contributed by atoms with Crippen molar-refractivity contribution in [2.75, 3.05) is 0 Å². The van der Waals surface area contributed by atoms with Crippen LogP contribution in [0, 0.1) is 11.8 Å². The van der Waals surface area contributed by atoms with Gasteiger partial charge in [-0.2, -0.15) is 0 Å². The van der Waals surface area contributed by atoms with E-state index < -0.39 is 0 Å². The second kappa shape index (κ2) is 5.78. The Morgan fingerprint density at radius 2 is 1.90 bits per heavy atom. The zero-order valence-corrected chi connectivity index (χ0v) is 12.1. The van der Waals surface area contributed by atoms with Gasteiger partial charge in [-0.25, -0.2) is 0 Å². The van der Waals surface area contributed by atoms with Crippen molar-refractivity contribution < 1.29 is 4.79 Å². The molecule has 0 heterocycles. The van der Waals surface area contributed by atoms with E-state index in [1.807, 2.05) is 24.3 Å². The number of ketones is 1. The van der Waals surface area contributed by atoms with Gasteiger partial charge in [0.05, 0.1) is 0 Å². The SMILES string of the molecule is CCC1CCCC(C(=O)c2cccc3ccccc23)C1. The fraction of sp³-hybridized carbons (Fsp3) is 0.421. The van der Waals surface area contributed by atoms with Crippen molar-refractivity contribution in [2.45, 2.75) is 39.0 Å². The van der Waals surface area contributed by atoms with E-state index in [0.29, 0.717) is 5.78 Å². The number of fused-ring (bicyclic) bond motifs is 1. The molecule has 2 atom stereocenters. The van der Waals surface area contributed by atoms with Gasteiger partial charge in [0, 0.05) is 11.5 Å². The summed E-state index contributed by atoms with van der Waals surface area (Å²) < 4.78 is 0. The second-order valence-corrected chi connectivity index (χ2v) is 6.03. The maximum Gasteiger partial charge on any atom is 0.166 e. The molecule has 0 aliphatic heterocycles. The highest BCUT2D eigenvalue weighted by molar-refractivity contribution is 6.09. The van der Waals surface area contributed by atoms with Crippen molar-refractivity contribution in [3.63, 3.8) is 0 Å². The Hall–Kier alpha value is -1.63. The van der Waals surface area contributed by atoms with E-state index in [-0.39, 0.29) is 5.92 Å². The molecule has 104 valence electrons. The van der Waals surface area contributed by atoms with Crippen LogP contribution in [0.4, 0.5) is 0 Å². The van der Waals surface area contributed by atoms with Crippen LogP contribution in [0.1, 0.15) is 49.4 Å². The largest absolute Gasteiger partial charge is 0.294 e. The van der Waals surface area contributed by atoms with Crippen molar-refractivity contribution in [3.8, 4) is 0 Å². The predicted octanol–water partition coefficient (Wildman–Crippen LogP) is 5.24. The van der Waals surface area contributed by atoms with Gasteiger partial charge in [-0.3, -0.25) is 4.79 Å². The fourth-order valence-corrected chi connectivity index (χ4v) is 3.56. The third kappa shape index (κ3) is 2.49. The normalized spacial score (nSPS) is 22.9. The van der Waals surface area contributed by atoms with Crippen molar-refractivity contribution in [1.29, 1.82) is 0 Å². The summed E-state index contributed by atoms with van der Waals surface area (Å²) in [6.07, 6.45) is 5.87. The van der Waals surface area contributed by atoms with E-state index in [0.717, 1.165) is 29.7 Å². The zero-order chi connectivity index (χ0) is 13.9. The molecule has 3 rings (SSSR count). The van der Waals surface area contributed by atoms with E-state index in [2.05, 4.69) is 25.1 Å². The molecule has 2 aromatic rings. The highest BCUT2D eigenvalue weighted by Crippen LogP contribution is 2.34. The van der Waals surface area contributed by atoms with E-state index in [9.17, 15) is 4.79 Å². The van der Waals surface area contributed by atoms with Gasteiger partial charge in [0.2, 0.25) is 0 Å². The molecule has 20 heavy (non-hydrogen) atoms. The molecule has 1 nitrogen and oxygen atoms in total. The van der Waals surface area contributed by atoms with Crippen LogP contribution in [0.15, 0.2) is 42.5 Å². The first-order valence-corrected chi connectivity index (χ1v) is 7.81. The monoisotopic (exact) mass is 266 g/mol. The lowest BCUT2D eigenvalue weighted by Gasteiger charge is -2.27. The average molecular weight is 266 g/mol. The number of carbonyl (C=O) groups excluding carboxylic acids is 1. The summed E-state index contributed by atoms with van der Waals surface area (Å²) in [6, 6.07) is 14.3. The maximum absolute atomic E-state index is 12.9. The Balaban J connectivity index is 1.92. The minimum Gasteiger partial charge on any atom is -0.294 e. The second-order valence-electron chi connectivity index (χ2n) is 6.03. The molecule has 1 aliphatic carbocycles. The molecule has 0 radical (unpaired) electrons. The molecule has 0 aromatic heterocycles. The van der Waals surface area contributed by atoms with Crippen LogP contribution in [0.25, 0.3) is 10.8 Å². The van der Waals surface area contributed by atoms with Crippen LogP contribution in [0.2, 0.25) is 0 Å². The lowest BCUT2D eigenvalue weighted by molar-refractivity contribution is 0.0864. The minimum atomic E-state index is 0.236. The highest BCUT2D eigenvalue weighted by atomic mass is 16.1. The summed E-state index contributed by atoms with van der Waals surface area (Å²) in [6.45, 7) is 2.25. The maximum atomic E-state index is 12.9. The molecule has 2 aromatic carbocycles. The third-order valence-corrected chi connectivity index (χ3v) is 4.79. The fourth-order valence-electron chi connectivity index (χ4n) is 3.56. The first-order chi connectivity index (χ1) is 9.79. The van der Waals surface area contributed by atoms with Gasteiger partial charge >= 0.3 is 0 Å². The molecule has 2 unspecified atom stereocenters. The van der Waals surface area contributed by atoms with Gasteiger partial charge in [0.25, 0.3) is 0 Å². The zero-order valence-electron chi connectivity index (χ0n) is 12.1. The van der Waals surface area contributed by atoms with Crippen LogP contribution < -0.4 is 0 Å². The van der Waals surface area contributed by atoms with Gasteiger partial charge in [0.15, 0.2) is 5.78 Å². The average Bonchev–Trinajstić information content (AvgIpc) is 2.53. The van der Waals surface area contributed by atoms with Gasteiger partial charge in [-0.05, 0) is 29.5 Å². The standard InChI is InChI=1S/C19H22O/c1-2-14-7-5-10-16(13-14)19(20)18-12-6-9-15-8-3-4-11-17(15)18/h3-4,6,8-9,11-12,14,16H,2,5,7,10,13H2,1H3. The Labute approximate surface area is 121 Å². The minimum absolute atomic E-state index is 0.236. The number of benzene rings is 2. The number of rotatable bonds is 3. The Bertz CT molecular complexity index is 609. The quantitative estimate of drug-likeness (QED) is 0.694. The molecule has 0 spiro atoms. The van der Waals surface area contributed by atoms with Gasteiger partial charge in [-0.1, -0.05) is 68.7 Å². The van der Waals surface area contributed by atoms with Crippen LogP contribution >= 0.6 is 0 Å². The molecule has 0 amide bonds. The van der Waals surface area contributed by atoms with Crippen molar-refractivity contribution in [3.05, 3.63) is 48.0 Å². The molecular weight excluding hydrogens is 244 g/mol. The van der Waals surface area contributed by atoms with Gasteiger partial charge in [-0.15, -0.1) is 0 Å². The first kappa shape index (κ1) is 13.4. The van der Waals surface area contributed by atoms with E-state index in [1.165, 1.54) is 24.6 Å². The summed E-state index contributed by atoms with van der Waals surface area (Å²) in [7, 11) is 0. The lowest BCUT2D eigenvalue weighted by atomic mass is 9.76. The Morgan fingerprint density at radius 1 is 1.10 bits per heavy atom. The topological polar surface area (TPSA) is 17.1 Å². The molecule has 1 fully saturated rings. The van der Waals surface area contributed by atoms with E-state index in [4.69, 9.17) is 0 Å². The van der Waals surface area contributed by atoms with Crippen LogP contribution in [0.5, 0.6) is 0 Å². The summed E-state index contributed by atoms with van der Waals surface area (Å²) in [5, 5.41) is 2.28. The Kier molecular flexibility index (Phi) is 3.86. The smallest absolute Gasteiger partial charge is 0.166 e. The molecule has 1 heteroatoms. The molecule has 0 saturated heterocycles. The summed E-state index contributed by atoms with van der Waals surface area (Å²) >= 11 is 0. The molecule has 1 saturated carbocycles. The summed E-state index contributed by atoms with van der Waals surface area (Å²) in [5.41, 5.74) is 0.921. The predicted molar refractivity (Wildman–Crippen MR) is 84.0 cm³/mol. The number of Topliss-reactive ketones (excluding diaryl/α,β-unsaturated/α-hetero) is 1. The van der Waals surface area contributed by atoms with Crippen LogP contribution in [-0.2, 0) is 0 Å². The summed E-state index contributed by atoms with van der Waals surface area (Å²) in [4.78, 5) is 12.9. The van der Waals surface area contributed by atoms with E-state index in [1.54, 1.807) is 0 Å². The molecule has 0 bridgehead atoms. The number of hydrogen-bond acceptors (Lipinski definition) is 1. The van der Waals surface area contributed by atoms with Crippen molar-refractivity contribution in [2.24, 2.45) is 11.8 Å². The molecule has 1 aliphatic rings. The van der Waals surface area contributed by atoms with E-state index >= 15 is 0 Å². The summed E-state index contributed by atoms with van der Waals surface area (Å²) in [5.74, 6) is 1.34. The number of carbonyl (C=O) groups is 1. The van der Waals surface area contributed by atoms with Crippen LogP contribution in [0.3, 0.4) is 0 Å². The number of hydrogen-bond donors (Lipinski definition) is 0. The van der Waals surface area contributed by atoms with Crippen LogP contribution in [-0.4, -0.2) is 5.78 Å². The Morgan fingerprint density at radius 3 is 2.75 bits per heavy atom. The molecule has 0 N–H and O–H groups in total. The van der Waals surface area contributed by atoms with Crippen molar-refractivity contribution >= 4 is 16.6 Å². The third-order valence-electron chi connectivity index (χ3n) is 4.79. The lowest BCUT2D eigenvalue weighted by Crippen LogP contribution is -2.23. The van der Waals surface area contributed by atoms with Crippen molar-refractivity contribution in [1.82, 2.24) is 0 Å². The van der Waals surface area contributed by atoms with Gasteiger partial charge in [0.1, 0.15) is 0 Å².